The fourth-order valence-corrected chi connectivity index (χ4v) is 5.38. The van der Waals surface area contributed by atoms with Gasteiger partial charge in [-0.25, -0.2) is 4.39 Å². The summed E-state index contributed by atoms with van der Waals surface area (Å²) >= 11 is 2.01. The van der Waals surface area contributed by atoms with Gasteiger partial charge in [0.15, 0.2) is 11.6 Å². The maximum Gasteiger partial charge on any atom is 0.401 e. The van der Waals surface area contributed by atoms with Gasteiger partial charge in [0.25, 0.3) is 0 Å². The summed E-state index contributed by atoms with van der Waals surface area (Å²) in [6, 6.07) is 11.1. The number of nitrogens with zero attached hydrogens (tertiary/aromatic N) is 1. The molecule has 0 radical (unpaired) electrons. The van der Waals surface area contributed by atoms with E-state index in [2.05, 4.69) is 10.3 Å². The van der Waals surface area contributed by atoms with Crippen molar-refractivity contribution in [3.63, 3.8) is 0 Å². The molecule has 2 heterocycles. The predicted molar refractivity (Wildman–Crippen MR) is 130 cm³/mol. The van der Waals surface area contributed by atoms with Gasteiger partial charge in [-0.15, -0.1) is 0 Å². The third-order valence-corrected chi connectivity index (χ3v) is 7.01. The molecule has 0 saturated carbocycles. The van der Waals surface area contributed by atoms with Crippen molar-refractivity contribution in [1.82, 2.24) is 15.2 Å². The number of rotatable bonds is 9. The number of H-pyrrole nitrogens is 1. The standard InChI is InChI=1S/C24H25F5IN3O/c25-9-4-10-31-11-12-34-19-8-3-6-16(21(19)26)23-22-17(15-5-1-2-7-18(15)32-22)13-20(30)33(23)14-24(27,28)29/h1-3,5-8,20,23,31-32H,4,9-14H2/t20-,23+/m0/s1. The van der Waals surface area contributed by atoms with Crippen LogP contribution in [0.2, 0.25) is 0 Å². The third kappa shape index (κ3) is 5.49. The van der Waals surface area contributed by atoms with E-state index in [1.54, 1.807) is 6.07 Å². The van der Waals surface area contributed by atoms with Gasteiger partial charge in [-0.2, -0.15) is 13.2 Å². The Balaban J connectivity index is 1.70. The first-order valence-corrected chi connectivity index (χ1v) is 12.3. The van der Waals surface area contributed by atoms with Gasteiger partial charge >= 0.3 is 6.18 Å². The fourth-order valence-electron chi connectivity index (χ4n) is 4.42. The summed E-state index contributed by atoms with van der Waals surface area (Å²) in [5.41, 5.74) is 2.41. The number of aromatic amines is 1. The van der Waals surface area contributed by atoms with Gasteiger partial charge in [0.1, 0.15) is 6.61 Å². The Morgan fingerprint density at radius 3 is 2.68 bits per heavy atom. The Morgan fingerprint density at radius 1 is 1.12 bits per heavy atom. The van der Waals surface area contributed by atoms with Crippen LogP contribution >= 0.6 is 22.6 Å². The minimum atomic E-state index is -4.44. The first-order valence-electron chi connectivity index (χ1n) is 11.0. The molecule has 3 aromatic rings. The molecular weight excluding hydrogens is 568 g/mol. The average Bonchev–Trinajstić information content (AvgIpc) is 3.15. The van der Waals surface area contributed by atoms with Crippen molar-refractivity contribution in [2.24, 2.45) is 0 Å². The molecule has 184 valence electrons. The molecule has 4 nitrogen and oxygen atoms in total. The summed E-state index contributed by atoms with van der Waals surface area (Å²) in [6.07, 6.45) is -3.65. The summed E-state index contributed by atoms with van der Waals surface area (Å²) in [5.74, 6) is -0.705. The van der Waals surface area contributed by atoms with E-state index in [0.717, 1.165) is 16.5 Å². The van der Waals surface area contributed by atoms with E-state index in [1.807, 2.05) is 46.9 Å². The molecule has 1 aliphatic heterocycles. The van der Waals surface area contributed by atoms with Gasteiger partial charge in [-0.3, -0.25) is 9.29 Å². The van der Waals surface area contributed by atoms with E-state index in [4.69, 9.17) is 4.74 Å². The van der Waals surface area contributed by atoms with Crippen molar-refractivity contribution in [3.05, 3.63) is 65.1 Å². The van der Waals surface area contributed by atoms with Crippen LogP contribution in [0.5, 0.6) is 5.75 Å². The van der Waals surface area contributed by atoms with Crippen LogP contribution in [-0.4, -0.2) is 53.0 Å². The van der Waals surface area contributed by atoms with Gasteiger partial charge < -0.3 is 15.0 Å². The van der Waals surface area contributed by atoms with E-state index in [-0.39, 0.29) is 17.9 Å². The predicted octanol–water partition coefficient (Wildman–Crippen LogP) is 5.91. The maximum atomic E-state index is 15.7. The summed E-state index contributed by atoms with van der Waals surface area (Å²) in [4.78, 5) is 4.55. The van der Waals surface area contributed by atoms with E-state index in [9.17, 15) is 17.6 Å². The molecule has 1 aromatic heterocycles. The minimum absolute atomic E-state index is 0.0232. The Labute approximate surface area is 208 Å². The van der Waals surface area contributed by atoms with Crippen molar-refractivity contribution >= 4 is 33.5 Å². The van der Waals surface area contributed by atoms with E-state index in [0.29, 0.717) is 31.6 Å². The Kier molecular flexibility index (Phi) is 7.98. The van der Waals surface area contributed by atoms with Gasteiger partial charge in [-0.1, -0.05) is 52.9 Å². The zero-order valence-corrected chi connectivity index (χ0v) is 20.4. The van der Waals surface area contributed by atoms with Crippen LogP contribution < -0.4 is 10.1 Å². The largest absolute Gasteiger partial charge is 0.489 e. The second-order valence-corrected chi connectivity index (χ2v) is 9.63. The first-order chi connectivity index (χ1) is 16.3. The lowest BCUT2D eigenvalue weighted by Gasteiger charge is -2.40. The van der Waals surface area contributed by atoms with Crippen molar-refractivity contribution in [2.45, 2.75) is 29.1 Å². The molecule has 4 rings (SSSR count). The Hall–Kier alpha value is -1.92. The van der Waals surface area contributed by atoms with Crippen LogP contribution in [0.1, 0.15) is 29.3 Å². The fraction of sp³-hybridized carbons (Fsp3) is 0.417. The minimum Gasteiger partial charge on any atom is -0.489 e. The zero-order chi connectivity index (χ0) is 24.3. The highest BCUT2D eigenvalue weighted by Crippen LogP contribution is 2.45. The number of hydrogen-bond donors (Lipinski definition) is 2. The molecule has 0 aliphatic carbocycles. The number of aromatic nitrogens is 1. The molecule has 0 fully saturated rings. The van der Waals surface area contributed by atoms with Crippen LogP contribution in [0.15, 0.2) is 42.5 Å². The van der Waals surface area contributed by atoms with Crippen LogP contribution in [0.25, 0.3) is 10.9 Å². The van der Waals surface area contributed by atoms with E-state index >= 15 is 4.39 Å². The van der Waals surface area contributed by atoms with Crippen molar-refractivity contribution in [2.75, 3.05) is 32.9 Å². The number of benzene rings is 2. The van der Waals surface area contributed by atoms with Gasteiger partial charge in [0.05, 0.1) is 23.3 Å². The molecule has 34 heavy (non-hydrogen) atoms. The number of para-hydroxylation sites is 1. The van der Waals surface area contributed by atoms with Gasteiger partial charge in [0.2, 0.25) is 0 Å². The number of hydrogen-bond acceptors (Lipinski definition) is 3. The first kappa shape index (κ1) is 25.2. The SMILES string of the molecule is FCCCNCCOc1cccc([C@@H]2c3[nH]c4ccccc4c3C[C@@H](I)N2CC(F)(F)F)c1F. The molecule has 2 atom stereocenters. The van der Waals surface area contributed by atoms with Gasteiger partial charge in [0, 0.05) is 28.7 Å². The smallest absolute Gasteiger partial charge is 0.401 e. The third-order valence-electron chi connectivity index (χ3n) is 5.86. The molecule has 2 N–H and O–H groups in total. The highest BCUT2D eigenvalue weighted by molar-refractivity contribution is 14.1. The van der Waals surface area contributed by atoms with Crippen molar-refractivity contribution in [1.29, 1.82) is 0 Å². The van der Waals surface area contributed by atoms with Crippen LogP contribution in [0, 0.1) is 5.82 Å². The second kappa shape index (κ2) is 10.8. The number of alkyl halides is 5. The highest BCUT2D eigenvalue weighted by Gasteiger charge is 2.43. The number of fused-ring (bicyclic) bond motifs is 3. The maximum absolute atomic E-state index is 15.7. The lowest BCUT2D eigenvalue weighted by molar-refractivity contribution is -0.151. The van der Waals surface area contributed by atoms with Crippen molar-refractivity contribution < 1.29 is 26.7 Å². The molecule has 0 spiro atoms. The quantitative estimate of drug-likeness (QED) is 0.107. The van der Waals surface area contributed by atoms with E-state index < -0.39 is 35.3 Å². The molecule has 0 unspecified atom stereocenters. The molecule has 0 amide bonds. The molecule has 0 bridgehead atoms. The number of halogens is 6. The second-order valence-electron chi connectivity index (χ2n) is 8.19. The van der Waals surface area contributed by atoms with Crippen molar-refractivity contribution in [3.8, 4) is 5.75 Å². The summed E-state index contributed by atoms with van der Waals surface area (Å²) in [5, 5.41) is 3.93. The molecule has 2 aromatic carbocycles. The molecule has 10 heteroatoms. The Morgan fingerprint density at radius 2 is 1.91 bits per heavy atom. The summed E-state index contributed by atoms with van der Waals surface area (Å²) in [6.45, 7) is -0.556. The average molecular weight is 593 g/mol. The number of nitrogens with one attached hydrogen (secondary N) is 2. The zero-order valence-electron chi connectivity index (χ0n) is 18.3. The van der Waals surface area contributed by atoms with Crippen LogP contribution in [0.4, 0.5) is 22.0 Å². The number of ether oxygens (including phenoxy) is 1. The molecule has 0 saturated heterocycles. The lowest BCUT2D eigenvalue weighted by atomic mass is 9.91. The van der Waals surface area contributed by atoms with Crippen LogP contribution in [-0.2, 0) is 6.42 Å². The van der Waals surface area contributed by atoms with Crippen LogP contribution in [0.3, 0.4) is 0 Å². The molecular formula is C24H25F5IN3O. The van der Waals surface area contributed by atoms with E-state index in [1.165, 1.54) is 17.0 Å². The summed E-state index contributed by atoms with van der Waals surface area (Å²) < 4.78 is 73.6. The normalized spacial score (nSPS) is 18.9. The highest BCUT2D eigenvalue weighted by atomic mass is 127. The Bertz CT molecular complexity index is 1120. The monoisotopic (exact) mass is 593 g/mol. The van der Waals surface area contributed by atoms with Gasteiger partial charge in [-0.05, 0) is 37.1 Å². The topological polar surface area (TPSA) is 40.3 Å². The lowest BCUT2D eigenvalue weighted by Crippen LogP contribution is -2.46. The summed E-state index contributed by atoms with van der Waals surface area (Å²) in [7, 11) is 0. The molecule has 1 aliphatic rings.